The standard InChI is InChI=1S/C18H21N3O3S/c1-14(22)15-6-5-7-16(12-15)20-18-9-8-17(13-19-18)25(23,24)21-10-3-2-4-11-21/h5-9,12-13H,2-4,10-11H2,1H3,(H,19,20). The van der Waals surface area contributed by atoms with E-state index in [0.717, 1.165) is 24.9 Å². The van der Waals surface area contributed by atoms with Crippen molar-refractivity contribution in [3.8, 4) is 0 Å². The summed E-state index contributed by atoms with van der Waals surface area (Å²) in [5.74, 6) is 0.512. The van der Waals surface area contributed by atoms with E-state index >= 15 is 0 Å². The molecule has 0 bridgehead atoms. The molecular weight excluding hydrogens is 338 g/mol. The number of ketones is 1. The number of pyridine rings is 1. The van der Waals surface area contributed by atoms with E-state index in [0.29, 0.717) is 24.5 Å². The number of anilines is 2. The molecule has 1 aliphatic heterocycles. The van der Waals surface area contributed by atoms with E-state index in [1.54, 1.807) is 30.3 Å². The summed E-state index contributed by atoms with van der Waals surface area (Å²) in [5, 5.41) is 3.09. The molecule has 1 fully saturated rings. The molecule has 25 heavy (non-hydrogen) atoms. The van der Waals surface area contributed by atoms with Crippen LogP contribution in [-0.2, 0) is 10.0 Å². The largest absolute Gasteiger partial charge is 0.340 e. The van der Waals surface area contributed by atoms with Crippen LogP contribution in [0.15, 0.2) is 47.5 Å². The van der Waals surface area contributed by atoms with Gasteiger partial charge < -0.3 is 5.32 Å². The molecule has 1 aromatic carbocycles. The van der Waals surface area contributed by atoms with Gasteiger partial charge in [0.25, 0.3) is 0 Å². The highest BCUT2D eigenvalue weighted by molar-refractivity contribution is 7.89. The maximum absolute atomic E-state index is 12.6. The first-order valence-corrected chi connectivity index (χ1v) is 9.75. The van der Waals surface area contributed by atoms with E-state index in [-0.39, 0.29) is 10.7 Å². The molecule has 1 aliphatic rings. The molecule has 2 heterocycles. The zero-order valence-corrected chi connectivity index (χ0v) is 14.9. The number of nitrogens with zero attached hydrogens (tertiary/aromatic N) is 2. The fraction of sp³-hybridized carbons (Fsp3) is 0.333. The van der Waals surface area contributed by atoms with Crippen LogP contribution in [0.25, 0.3) is 0 Å². The van der Waals surface area contributed by atoms with Gasteiger partial charge in [0.2, 0.25) is 10.0 Å². The molecular formula is C18H21N3O3S. The molecule has 0 unspecified atom stereocenters. The second-order valence-electron chi connectivity index (χ2n) is 6.11. The molecule has 0 saturated carbocycles. The average Bonchev–Trinajstić information content (AvgIpc) is 2.63. The molecule has 0 radical (unpaired) electrons. The first-order chi connectivity index (χ1) is 12.0. The minimum Gasteiger partial charge on any atom is -0.340 e. The van der Waals surface area contributed by atoms with E-state index in [1.165, 1.54) is 17.4 Å². The smallest absolute Gasteiger partial charge is 0.244 e. The summed E-state index contributed by atoms with van der Waals surface area (Å²) in [6.07, 6.45) is 4.26. The third-order valence-electron chi connectivity index (χ3n) is 4.23. The SMILES string of the molecule is CC(=O)c1cccc(Nc2ccc(S(=O)(=O)N3CCCCC3)cn2)c1. The number of hydrogen-bond acceptors (Lipinski definition) is 5. The average molecular weight is 359 g/mol. The van der Waals surface area contributed by atoms with Gasteiger partial charge in [-0.25, -0.2) is 13.4 Å². The first kappa shape index (κ1) is 17.6. The Morgan fingerprint density at radius 3 is 2.52 bits per heavy atom. The number of hydrogen-bond donors (Lipinski definition) is 1. The molecule has 3 rings (SSSR count). The summed E-state index contributed by atoms with van der Waals surface area (Å²) in [5.41, 5.74) is 1.33. The number of benzene rings is 1. The Labute approximate surface area is 147 Å². The van der Waals surface area contributed by atoms with Gasteiger partial charge in [0.1, 0.15) is 10.7 Å². The van der Waals surface area contributed by atoms with Crippen molar-refractivity contribution in [3.05, 3.63) is 48.2 Å². The van der Waals surface area contributed by atoms with Crippen molar-refractivity contribution < 1.29 is 13.2 Å². The summed E-state index contributed by atoms with van der Waals surface area (Å²) in [4.78, 5) is 15.9. The van der Waals surface area contributed by atoms with Gasteiger partial charge in [-0.05, 0) is 44.0 Å². The summed E-state index contributed by atoms with van der Waals surface area (Å²) in [7, 11) is -3.47. The van der Waals surface area contributed by atoms with Gasteiger partial charge in [0.15, 0.2) is 5.78 Å². The molecule has 0 atom stereocenters. The fourth-order valence-corrected chi connectivity index (χ4v) is 4.29. The van der Waals surface area contributed by atoms with Gasteiger partial charge in [-0.15, -0.1) is 0 Å². The number of carbonyl (C=O) groups excluding carboxylic acids is 1. The van der Waals surface area contributed by atoms with Crippen LogP contribution in [0.2, 0.25) is 0 Å². The summed E-state index contributed by atoms with van der Waals surface area (Å²) >= 11 is 0. The lowest BCUT2D eigenvalue weighted by Crippen LogP contribution is -2.35. The highest BCUT2D eigenvalue weighted by Gasteiger charge is 2.26. The Balaban J connectivity index is 1.76. The van der Waals surface area contributed by atoms with Gasteiger partial charge in [0, 0.05) is 30.5 Å². The van der Waals surface area contributed by atoms with E-state index < -0.39 is 10.0 Å². The van der Waals surface area contributed by atoms with Gasteiger partial charge in [-0.1, -0.05) is 18.6 Å². The van der Waals surface area contributed by atoms with E-state index in [2.05, 4.69) is 10.3 Å². The van der Waals surface area contributed by atoms with Gasteiger partial charge in [-0.2, -0.15) is 4.31 Å². The van der Waals surface area contributed by atoms with Crippen molar-refractivity contribution in [2.75, 3.05) is 18.4 Å². The maximum atomic E-state index is 12.6. The highest BCUT2D eigenvalue weighted by atomic mass is 32.2. The normalized spacial score (nSPS) is 15.7. The number of rotatable bonds is 5. The topological polar surface area (TPSA) is 79.4 Å². The number of sulfonamides is 1. The molecule has 6 nitrogen and oxygen atoms in total. The second-order valence-corrected chi connectivity index (χ2v) is 8.04. The third kappa shape index (κ3) is 4.05. The van der Waals surface area contributed by atoms with Crippen molar-refractivity contribution in [2.24, 2.45) is 0 Å². The summed E-state index contributed by atoms with van der Waals surface area (Å²) < 4.78 is 26.7. The lowest BCUT2D eigenvalue weighted by molar-refractivity contribution is 0.101. The Morgan fingerprint density at radius 1 is 1.12 bits per heavy atom. The van der Waals surface area contributed by atoms with Crippen LogP contribution in [0.4, 0.5) is 11.5 Å². The number of nitrogens with one attached hydrogen (secondary N) is 1. The Kier molecular flexibility index (Phi) is 5.15. The van der Waals surface area contributed by atoms with Crippen LogP contribution in [-0.4, -0.2) is 36.6 Å². The number of aromatic nitrogens is 1. The van der Waals surface area contributed by atoms with Crippen molar-refractivity contribution >= 4 is 27.3 Å². The molecule has 1 aromatic heterocycles. The van der Waals surface area contributed by atoms with Crippen LogP contribution < -0.4 is 5.32 Å². The van der Waals surface area contributed by atoms with Gasteiger partial charge in [0.05, 0.1) is 0 Å². The van der Waals surface area contributed by atoms with Crippen molar-refractivity contribution in [1.29, 1.82) is 0 Å². The van der Waals surface area contributed by atoms with Crippen LogP contribution in [0.3, 0.4) is 0 Å². The van der Waals surface area contributed by atoms with Crippen LogP contribution in [0.1, 0.15) is 36.5 Å². The van der Waals surface area contributed by atoms with Crippen molar-refractivity contribution in [2.45, 2.75) is 31.1 Å². The van der Waals surface area contributed by atoms with Crippen LogP contribution >= 0.6 is 0 Å². The Bertz CT molecular complexity index is 857. The second kappa shape index (κ2) is 7.33. The Hall–Kier alpha value is -2.25. The molecule has 0 amide bonds. The van der Waals surface area contributed by atoms with Gasteiger partial charge in [-0.3, -0.25) is 4.79 Å². The predicted molar refractivity (Wildman–Crippen MR) is 96.6 cm³/mol. The molecule has 0 spiro atoms. The van der Waals surface area contributed by atoms with E-state index in [4.69, 9.17) is 0 Å². The van der Waals surface area contributed by atoms with Crippen LogP contribution in [0, 0.1) is 0 Å². The number of Topliss-reactive ketones (excluding diaryl/α,β-unsaturated/α-hetero) is 1. The molecule has 0 aliphatic carbocycles. The zero-order valence-electron chi connectivity index (χ0n) is 14.1. The third-order valence-corrected chi connectivity index (χ3v) is 6.11. The number of carbonyl (C=O) groups is 1. The first-order valence-electron chi connectivity index (χ1n) is 8.31. The quantitative estimate of drug-likeness (QED) is 0.829. The van der Waals surface area contributed by atoms with E-state index in [1.807, 2.05) is 6.07 Å². The molecule has 1 N–H and O–H groups in total. The monoisotopic (exact) mass is 359 g/mol. The molecule has 7 heteroatoms. The molecule has 1 saturated heterocycles. The van der Waals surface area contributed by atoms with Gasteiger partial charge >= 0.3 is 0 Å². The van der Waals surface area contributed by atoms with Crippen molar-refractivity contribution in [1.82, 2.24) is 9.29 Å². The zero-order chi connectivity index (χ0) is 17.9. The van der Waals surface area contributed by atoms with Crippen molar-refractivity contribution in [3.63, 3.8) is 0 Å². The minimum absolute atomic E-state index is 0.0143. The fourth-order valence-electron chi connectivity index (χ4n) is 2.82. The minimum atomic E-state index is -3.47. The Morgan fingerprint density at radius 2 is 1.88 bits per heavy atom. The number of piperidine rings is 1. The molecule has 2 aromatic rings. The predicted octanol–water partition coefficient (Wildman–Crippen LogP) is 3.20. The maximum Gasteiger partial charge on any atom is 0.244 e. The highest BCUT2D eigenvalue weighted by Crippen LogP contribution is 2.22. The van der Waals surface area contributed by atoms with E-state index in [9.17, 15) is 13.2 Å². The summed E-state index contributed by atoms with van der Waals surface area (Å²) in [6, 6.07) is 10.3. The summed E-state index contributed by atoms with van der Waals surface area (Å²) in [6.45, 7) is 2.65. The molecule has 132 valence electrons. The van der Waals surface area contributed by atoms with Crippen LogP contribution in [0.5, 0.6) is 0 Å². The lowest BCUT2D eigenvalue weighted by atomic mass is 10.1. The lowest BCUT2D eigenvalue weighted by Gasteiger charge is -2.25.